The van der Waals surface area contributed by atoms with E-state index in [1.807, 2.05) is 61.5 Å². The Bertz CT molecular complexity index is 1050. The molecule has 0 spiro atoms. The lowest BCUT2D eigenvalue weighted by Crippen LogP contribution is -2.05. The van der Waals surface area contributed by atoms with E-state index in [9.17, 15) is 0 Å². The van der Waals surface area contributed by atoms with Gasteiger partial charge in [-0.15, -0.1) is 0 Å². The molecular formula is C20H17ClN4O. The second kappa shape index (κ2) is 7.06. The summed E-state index contributed by atoms with van der Waals surface area (Å²) in [6.45, 7) is 2.51. The van der Waals surface area contributed by atoms with Gasteiger partial charge in [-0.3, -0.25) is 0 Å². The topological polar surface area (TPSA) is 63.0 Å². The van der Waals surface area contributed by atoms with Gasteiger partial charge >= 0.3 is 0 Å². The largest absolute Gasteiger partial charge is 0.467 e. The number of para-hydroxylation sites is 1. The molecule has 0 saturated carbocycles. The van der Waals surface area contributed by atoms with E-state index in [1.54, 1.807) is 6.26 Å². The van der Waals surface area contributed by atoms with Crippen molar-refractivity contribution in [1.29, 1.82) is 0 Å². The second-order valence-corrected chi connectivity index (χ2v) is 6.29. The molecule has 0 atom stereocenters. The normalized spacial score (nSPS) is 10.8. The molecule has 26 heavy (non-hydrogen) atoms. The van der Waals surface area contributed by atoms with Crippen LogP contribution in [0.2, 0.25) is 5.02 Å². The van der Waals surface area contributed by atoms with Crippen LogP contribution in [-0.2, 0) is 6.54 Å². The Balaban J connectivity index is 1.70. The van der Waals surface area contributed by atoms with Crippen LogP contribution in [0.4, 0.5) is 17.5 Å². The van der Waals surface area contributed by atoms with Gasteiger partial charge in [0.15, 0.2) is 0 Å². The maximum absolute atomic E-state index is 6.21. The van der Waals surface area contributed by atoms with Gasteiger partial charge in [0.1, 0.15) is 11.6 Å². The number of nitrogens with zero attached hydrogens (tertiary/aromatic N) is 2. The summed E-state index contributed by atoms with van der Waals surface area (Å²) < 4.78 is 5.39. The third kappa shape index (κ3) is 3.34. The number of furan rings is 1. The van der Waals surface area contributed by atoms with Crippen LogP contribution >= 0.6 is 11.6 Å². The SMILES string of the molecule is Cc1c(Cl)cccc1Nc1nc(NCc2ccco2)c2ccccc2n1. The summed E-state index contributed by atoms with van der Waals surface area (Å²) in [5.41, 5.74) is 2.69. The van der Waals surface area contributed by atoms with Crippen LogP contribution in [0.5, 0.6) is 0 Å². The number of hydrogen-bond acceptors (Lipinski definition) is 5. The summed E-state index contributed by atoms with van der Waals surface area (Å²) in [6, 6.07) is 17.4. The smallest absolute Gasteiger partial charge is 0.229 e. The number of nitrogens with one attached hydrogen (secondary N) is 2. The first-order valence-corrected chi connectivity index (χ1v) is 8.64. The fraction of sp³-hybridized carbons (Fsp3) is 0.100. The highest BCUT2D eigenvalue weighted by atomic mass is 35.5. The Kier molecular flexibility index (Phi) is 4.46. The zero-order valence-corrected chi connectivity index (χ0v) is 14.9. The predicted octanol–water partition coefficient (Wildman–Crippen LogP) is 5.54. The lowest BCUT2D eigenvalue weighted by Gasteiger charge is -2.13. The minimum Gasteiger partial charge on any atom is -0.467 e. The van der Waals surface area contributed by atoms with Crippen LogP contribution in [0.1, 0.15) is 11.3 Å². The number of fused-ring (bicyclic) bond motifs is 1. The first kappa shape index (κ1) is 16.4. The molecule has 0 saturated heterocycles. The zero-order chi connectivity index (χ0) is 17.9. The van der Waals surface area contributed by atoms with E-state index in [4.69, 9.17) is 16.0 Å². The van der Waals surface area contributed by atoms with E-state index in [2.05, 4.69) is 20.6 Å². The van der Waals surface area contributed by atoms with Crippen molar-refractivity contribution < 1.29 is 4.42 Å². The van der Waals surface area contributed by atoms with Gasteiger partial charge in [0, 0.05) is 16.1 Å². The van der Waals surface area contributed by atoms with Gasteiger partial charge < -0.3 is 15.1 Å². The van der Waals surface area contributed by atoms with Crippen molar-refractivity contribution in [2.24, 2.45) is 0 Å². The standard InChI is InChI=1S/C20H17ClN4O/c1-13-16(21)8-4-10-17(13)23-20-24-18-9-3-2-7-15(18)19(25-20)22-12-14-6-5-11-26-14/h2-11H,12H2,1H3,(H2,22,23,24,25). The molecule has 6 heteroatoms. The van der Waals surface area contributed by atoms with Crippen LogP contribution < -0.4 is 10.6 Å². The Morgan fingerprint density at radius 1 is 1.00 bits per heavy atom. The number of rotatable bonds is 5. The molecule has 0 aliphatic heterocycles. The molecule has 0 aliphatic rings. The molecule has 0 radical (unpaired) electrons. The summed E-state index contributed by atoms with van der Waals surface area (Å²) in [6.07, 6.45) is 1.66. The first-order valence-electron chi connectivity index (χ1n) is 8.26. The number of hydrogen-bond donors (Lipinski definition) is 2. The van der Waals surface area contributed by atoms with Crippen molar-refractivity contribution in [1.82, 2.24) is 9.97 Å². The van der Waals surface area contributed by atoms with Crippen molar-refractivity contribution in [2.75, 3.05) is 10.6 Å². The van der Waals surface area contributed by atoms with Crippen molar-refractivity contribution in [2.45, 2.75) is 13.5 Å². The van der Waals surface area contributed by atoms with Gasteiger partial charge in [-0.2, -0.15) is 4.98 Å². The summed E-state index contributed by atoms with van der Waals surface area (Å²) in [5, 5.41) is 8.25. The van der Waals surface area contributed by atoms with Crippen LogP contribution in [0, 0.1) is 6.92 Å². The molecule has 0 unspecified atom stereocenters. The van der Waals surface area contributed by atoms with Gasteiger partial charge in [0.25, 0.3) is 0 Å². The van der Waals surface area contributed by atoms with Gasteiger partial charge in [0.2, 0.25) is 5.95 Å². The number of anilines is 3. The minimum atomic E-state index is 0.510. The lowest BCUT2D eigenvalue weighted by atomic mass is 10.2. The highest BCUT2D eigenvalue weighted by molar-refractivity contribution is 6.31. The third-order valence-corrected chi connectivity index (χ3v) is 4.54. The number of benzene rings is 2. The molecule has 2 N–H and O–H groups in total. The molecule has 2 aromatic carbocycles. The van der Waals surface area contributed by atoms with Crippen molar-refractivity contribution in [3.05, 3.63) is 77.2 Å². The number of aromatic nitrogens is 2. The first-order chi connectivity index (χ1) is 12.7. The molecule has 0 fully saturated rings. The van der Waals surface area contributed by atoms with Crippen molar-refractivity contribution in [3.63, 3.8) is 0 Å². The molecule has 4 aromatic rings. The van der Waals surface area contributed by atoms with Gasteiger partial charge in [-0.05, 0) is 48.9 Å². The monoisotopic (exact) mass is 364 g/mol. The molecule has 2 heterocycles. The Morgan fingerprint density at radius 2 is 1.88 bits per heavy atom. The average Bonchev–Trinajstić information content (AvgIpc) is 3.17. The highest BCUT2D eigenvalue weighted by Gasteiger charge is 2.10. The second-order valence-electron chi connectivity index (χ2n) is 5.88. The van der Waals surface area contributed by atoms with E-state index < -0.39 is 0 Å². The predicted molar refractivity (Wildman–Crippen MR) is 105 cm³/mol. The Morgan fingerprint density at radius 3 is 2.73 bits per heavy atom. The molecule has 0 amide bonds. The average molecular weight is 365 g/mol. The van der Waals surface area contributed by atoms with E-state index in [0.29, 0.717) is 17.5 Å². The van der Waals surface area contributed by atoms with Gasteiger partial charge in [0.05, 0.1) is 18.3 Å². The molecule has 0 bridgehead atoms. The van der Waals surface area contributed by atoms with Crippen molar-refractivity contribution in [3.8, 4) is 0 Å². The van der Waals surface area contributed by atoms with E-state index >= 15 is 0 Å². The molecule has 4 rings (SSSR count). The Hall–Kier alpha value is -3.05. The fourth-order valence-corrected chi connectivity index (χ4v) is 2.89. The summed E-state index contributed by atoms with van der Waals surface area (Å²) >= 11 is 6.21. The van der Waals surface area contributed by atoms with Gasteiger partial charge in [-0.1, -0.05) is 29.8 Å². The molecule has 2 aromatic heterocycles. The van der Waals surface area contributed by atoms with Crippen LogP contribution in [0.15, 0.2) is 65.3 Å². The third-order valence-electron chi connectivity index (χ3n) is 4.13. The summed E-state index contributed by atoms with van der Waals surface area (Å²) in [7, 11) is 0. The van der Waals surface area contributed by atoms with Crippen LogP contribution in [0.3, 0.4) is 0 Å². The molecular weight excluding hydrogens is 348 g/mol. The molecule has 0 aliphatic carbocycles. The Labute approximate surface area is 156 Å². The highest BCUT2D eigenvalue weighted by Crippen LogP contribution is 2.27. The zero-order valence-electron chi connectivity index (χ0n) is 14.2. The maximum Gasteiger partial charge on any atom is 0.229 e. The minimum absolute atomic E-state index is 0.510. The number of halogens is 1. The summed E-state index contributed by atoms with van der Waals surface area (Å²) in [5.74, 6) is 2.10. The quantitative estimate of drug-likeness (QED) is 0.486. The van der Waals surface area contributed by atoms with E-state index in [1.165, 1.54) is 0 Å². The molecule has 5 nitrogen and oxygen atoms in total. The van der Waals surface area contributed by atoms with E-state index in [0.717, 1.165) is 33.7 Å². The van der Waals surface area contributed by atoms with Crippen LogP contribution in [-0.4, -0.2) is 9.97 Å². The molecule has 130 valence electrons. The fourth-order valence-electron chi connectivity index (χ4n) is 2.71. The van der Waals surface area contributed by atoms with Gasteiger partial charge in [-0.25, -0.2) is 4.98 Å². The van der Waals surface area contributed by atoms with E-state index in [-0.39, 0.29) is 0 Å². The summed E-state index contributed by atoms with van der Waals surface area (Å²) in [4.78, 5) is 9.27. The lowest BCUT2D eigenvalue weighted by molar-refractivity contribution is 0.518. The van der Waals surface area contributed by atoms with Crippen LogP contribution in [0.25, 0.3) is 10.9 Å². The van der Waals surface area contributed by atoms with Crippen molar-refractivity contribution >= 4 is 40.0 Å². The maximum atomic E-state index is 6.21.